The number of sulfonamides is 1. The van der Waals surface area contributed by atoms with Crippen molar-refractivity contribution >= 4 is 15.9 Å². The topological polar surface area (TPSA) is 85.4 Å². The summed E-state index contributed by atoms with van der Waals surface area (Å²) in [7, 11) is 0.868. The van der Waals surface area contributed by atoms with Crippen LogP contribution >= 0.6 is 0 Å². The summed E-state index contributed by atoms with van der Waals surface area (Å²) in [5.41, 5.74) is 0.788. The Labute approximate surface area is 201 Å². The maximum absolute atomic E-state index is 13.6. The first-order valence-electron chi connectivity index (χ1n) is 11.5. The standard InChI is InChI=1S/C25H32N2O6S/c1-31-22-14-18(15-23(32-2)24(22)33-3)20-16-27(34(29,30)19-10-6-4-7-11-19)17-21(20)25(28)26-12-8-5-9-13-26/h4,6-7,10-11,14-15,20-21H,5,8-9,12-13,16-17H2,1-3H3/t20-,21-/m1/s1. The van der Waals surface area contributed by atoms with Crippen LogP contribution in [-0.4, -0.2) is 71.0 Å². The molecule has 2 aromatic rings. The van der Waals surface area contributed by atoms with Gasteiger partial charge in [-0.15, -0.1) is 0 Å². The average Bonchev–Trinajstić information content (AvgIpc) is 3.34. The Bertz CT molecular complexity index is 1090. The molecule has 8 nitrogen and oxygen atoms in total. The minimum absolute atomic E-state index is 0.00390. The molecular weight excluding hydrogens is 456 g/mol. The van der Waals surface area contributed by atoms with Crippen LogP contribution in [0.25, 0.3) is 0 Å². The Morgan fingerprint density at radius 1 is 0.882 bits per heavy atom. The Kier molecular flexibility index (Phi) is 7.33. The highest BCUT2D eigenvalue weighted by molar-refractivity contribution is 7.89. The first kappa shape index (κ1) is 24.3. The quantitative estimate of drug-likeness (QED) is 0.595. The van der Waals surface area contributed by atoms with E-state index >= 15 is 0 Å². The van der Waals surface area contributed by atoms with Gasteiger partial charge in [-0.05, 0) is 49.1 Å². The highest BCUT2D eigenvalue weighted by atomic mass is 32.2. The van der Waals surface area contributed by atoms with Crippen molar-refractivity contribution in [2.24, 2.45) is 5.92 Å². The zero-order valence-corrected chi connectivity index (χ0v) is 20.7. The molecule has 2 aromatic carbocycles. The van der Waals surface area contributed by atoms with Gasteiger partial charge in [0.15, 0.2) is 11.5 Å². The molecule has 1 amide bonds. The van der Waals surface area contributed by atoms with Crippen LogP contribution in [0.1, 0.15) is 30.7 Å². The summed E-state index contributed by atoms with van der Waals surface area (Å²) < 4.78 is 44.8. The summed E-state index contributed by atoms with van der Waals surface area (Å²) in [5.74, 6) is 0.570. The van der Waals surface area contributed by atoms with Gasteiger partial charge in [-0.25, -0.2) is 8.42 Å². The van der Waals surface area contributed by atoms with E-state index in [0.29, 0.717) is 30.3 Å². The van der Waals surface area contributed by atoms with Gasteiger partial charge in [0.05, 0.1) is 32.1 Å². The first-order valence-corrected chi connectivity index (χ1v) is 13.0. The Hall–Kier alpha value is -2.78. The summed E-state index contributed by atoms with van der Waals surface area (Å²) in [6.07, 6.45) is 3.05. The van der Waals surface area contributed by atoms with Crippen molar-refractivity contribution in [2.75, 3.05) is 47.5 Å². The highest BCUT2D eigenvalue weighted by Crippen LogP contribution is 2.44. The summed E-state index contributed by atoms with van der Waals surface area (Å²) >= 11 is 0. The number of amides is 1. The number of ether oxygens (including phenoxy) is 3. The number of likely N-dealkylation sites (tertiary alicyclic amines) is 1. The minimum Gasteiger partial charge on any atom is -0.493 e. The van der Waals surface area contributed by atoms with Gasteiger partial charge in [-0.2, -0.15) is 4.31 Å². The Morgan fingerprint density at radius 2 is 1.50 bits per heavy atom. The molecule has 0 unspecified atom stereocenters. The van der Waals surface area contributed by atoms with Crippen molar-refractivity contribution in [1.29, 1.82) is 0 Å². The highest BCUT2D eigenvalue weighted by Gasteiger charge is 2.45. The van der Waals surface area contributed by atoms with E-state index in [9.17, 15) is 13.2 Å². The van der Waals surface area contributed by atoms with Crippen molar-refractivity contribution < 1.29 is 27.4 Å². The molecule has 34 heavy (non-hydrogen) atoms. The number of benzene rings is 2. The molecule has 0 bridgehead atoms. The van der Waals surface area contributed by atoms with E-state index in [1.165, 1.54) is 25.6 Å². The predicted molar refractivity (Wildman–Crippen MR) is 128 cm³/mol. The second-order valence-electron chi connectivity index (χ2n) is 8.69. The van der Waals surface area contributed by atoms with Gasteiger partial charge >= 0.3 is 0 Å². The number of nitrogens with zero attached hydrogens (tertiary/aromatic N) is 2. The largest absolute Gasteiger partial charge is 0.493 e. The van der Waals surface area contributed by atoms with Crippen LogP contribution in [0.2, 0.25) is 0 Å². The second kappa shape index (κ2) is 10.2. The molecule has 2 saturated heterocycles. The molecule has 0 aliphatic carbocycles. The summed E-state index contributed by atoms with van der Waals surface area (Å²) in [6, 6.07) is 12.0. The van der Waals surface area contributed by atoms with Crippen LogP contribution < -0.4 is 14.2 Å². The van der Waals surface area contributed by atoms with E-state index in [2.05, 4.69) is 0 Å². The van der Waals surface area contributed by atoms with Crippen molar-refractivity contribution in [1.82, 2.24) is 9.21 Å². The lowest BCUT2D eigenvalue weighted by atomic mass is 9.87. The van der Waals surface area contributed by atoms with Crippen LogP contribution in [0.15, 0.2) is 47.4 Å². The van der Waals surface area contributed by atoms with Gasteiger partial charge in [-0.1, -0.05) is 18.2 Å². The van der Waals surface area contributed by atoms with Gasteiger partial charge in [0, 0.05) is 32.1 Å². The van der Waals surface area contributed by atoms with E-state index < -0.39 is 15.9 Å². The third-order valence-electron chi connectivity index (χ3n) is 6.77. The van der Waals surface area contributed by atoms with E-state index in [1.807, 2.05) is 17.0 Å². The molecule has 0 N–H and O–H groups in total. The lowest BCUT2D eigenvalue weighted by Gasteiger charge is -2.31. The third-order valence-corrected chi connectivity index (χ3v) is 8.61. The van der Waals surface area contributed by atoms with Crippen LogP contribution in [0.4, 0.5) is 0 Å². The van der Waals surface area contributed by atoms with Crippen LogP contribution in [0.5, 0.6) is 17.2 Å². The van der Waals surface area contributed by atoms with E-state index in [-0.39, 0.29) is 29.8 Å². The summed E-state index contributed by atoms with van der Waals surface area (Å²) in [6.45, 7) is 1.75. The van der Waals surface area contributed by atoms with Gasteiger partial charge in [0.25, 0.3) is 0 Å². The number of hydrogen-bond donors (Lipinski definition) is 0. The molecule has 9 heteroatoms. The third kappa shape index (κ3) is 4.59. The van der Waals surface area contributed by atoms with Crippen molar-refractivity contribution in [3.05, 3.63) is 48.0 Å². The smallest absolute Gasteiger partial charge is 0.243 e. The molecule has 0 spiro atoms. The normalized spacial score (nSPS) is 21.3. The van der Waals surface area contributed by atoms with E-state index in [0.717, 1.165) is 24.8 Å². The van der Waals surface area contributed by atoms with Crippen molar-refractivity contribution in [3.8, 4) is 17.2 Å². The number of carbonyl (C=O) groups excluding carboxylic acids is 1. The molecule has 2 aliphatic heterocycles. The molecular formula is C25H32N2O6S. The van der Waals surface area contributed by atoms with Gasteiger partial charge in [-0.3, -0.25) is 4.79 Å². The van der Waals surface area contributed by atoms with Crippen LogP contribution in [0, 0.1) is 5.92 Å². The zero-order valence-electron chi connectivity index (χ0n) is 19.9. The molecule has 2 aliphatic rings. The second-order valence-corrected chi connectivity index (χ2v) is 10.6. The fourth-order valence-corrected chi connectivity index (χ4v) is 6.47. The monoisotopic (exact) mass is 488 g/mol. The molecule has 0 saturated carbocycles. The molecule has 184 valence electrons. The number of hydrogen-bond acceptors (Lipinski definition) is 6. The molecule has 0 radical (unpaired) electrons. The maximum atomic E-state index is 13.6. The average molecular weight is 489 g/mol. The fraction of sp³-hybridized carbons (Fsp3) is 0.480. The van der Waals surface area contributed by atoms with E-state index in [4.69, 9.17) is 14.2 Å². The van der Waals surface area contributed by atoms with Crippen LogP contribution in [-0.2, 0) is 14.8 Å². The molecule has 2 fully saturated rings. The SMILES string of the molecule is COc1cc([C@H]2CN(S(=O)(=O)c3ccccc3)C[C@H]2C(=O)N2CCCCC2)cc(OC)c1OC. The number of methoxy groups -OCH3 is 3. The van der Waals surface area contributed by atoms with E-state index in [1.54, 1.807) is 30.3 Å². The molecule has 0 aromatic heterocycles. The minimum atomic E-state index is -3.75. The fourth-order valence-electron chi connectivity index (χ4n) is 4.96. The maximum Gasteiger partial charge on any atom is 0.243 e. The van der Waals surface area contributed by atoms with Gasteiger partial charge in [0.1, 0.15) is 0 Å². The van der Waals surface area contributed by atoms with Crippen molar-refractivity contribution in [2.45, 2.75) is 30.1 Å². The summed E-state index contributed by atoms with van der Waals surface area (Å²) in [4.78, 5) is 15.8. The van der Waals surface area contributed by atoms with Crippen molar-refractivity contribution in [3.63, 3.8) is 0 Å². The predicted octanol–water partition coefficient (Wildman–Crippen LogP) is 3.13. The lowest BCUT2D eigenvalue weighted by Crippen LogP contribution is -2.42. The molecule has 2 atom stereocenters. The first-order chi connectivity index (χ1) is 16.4. The zero-order chi connectivity index (χ0) is 24.3. The number of piperidine rings is 1. The number of rotatable bonds is 7. The molecule has 2 heterocycles. The van der Waals surface area contributed by atoms with Crippen LogP contribution in [0.3, 0.4) is 0 Å². The molecule has 4 rings (SSSR count). The summed E-state index contributed by atoms with van der Waals surface area (Å²) in [5, 5.41) is 0. The lowest BCUT2D eigenvalue weighted by molar-refractivity contribution is -0.136. The van der Waals surface area contributed by atoms with Gasteiger partial charge in [0.2, 0.25) is 21.7 Å². The number of carbonyl (C=O) groups is 1. The Morgan fingerprint density at radius 3 is 2.06 bits per heavy atom. The Balaban J connectivity index is 1.74. The van der Waals surface area contributed by atoms with Gasteiger partial charge < -0.3 is 19.1 Å².